The number of pyridine rings is 2. The lowest BCUT2D eigenvalue weighted by Gasteiger charge is -2.16. The molecule has 3 rings (SSSR count). The van der Waals surface area contributed by atoms with E-state index in [2.05, 4.69) is 25.9 Å². The number of halogens is 3. The van der Waals surface area contributed by atoms with Crippen LogP contribution in [0.2, 0.25) is 0 Å². The zero-order valence-corrected chi connectivity index (χ0v) is 16.5. The first-order valence-electron chi connectivity index (χ1n) is 9.09. The summed E-state index contributed by atoms with van der Waals surface area (Å²) in [4.78, 5) is 32.2. The van der Waals surface area contributed by atoms with Gasteiger partial charge in [-0.05, 0) is 36.8 Å². The first-order chi connectivity index (χ1) is 14.7. The standard InChI is InChI=1S/C21H18F3N5O2/c1-12-6-3-4-8-15(12)28-18-16(10-13(11-27-18)19(30)25-2)29-20(31)14-7-5-9-26-17(14)21(22,23)24/h3-11H,1-2H3,(H,25,30)(H,27,28)(H,29,31). The predicted octanol–water partition coefficient (Wildman–Crippen LogP) is 4.16. The number of benzene rings is 1. The molecule has 0 unspecified atom stereocenters. The molecule has 2 aromatic heterocycles. The summed E-state index contributed by atoms with van der Waals surface area (Å²) in [5.41, 5.74) is -0.251. The van der Waals surface area contributed by atoms with Gasteiger partial charge in [0.1, 0.15) is 0 Å². The van der Waals surface area contributed by atoms with E-state index in [4.69, 9.17) is 0 Å². The molecule has 2 heterocycles. The van der Waals surface area contributed by atoms with Gasteiger partial charge in [-0.2, -0.15) is 13.2 Å². The Morgan fingerprint density at radius 1 is 0.968 bits per heavy atom. The summed E-state index contributed by atoms with van der Waals surface area (Å²) in [6, 6.07) is 10.8. The Hall–Kier alpha value is -3.95. The molecule has 0 atom stereocenters. The molecule has 0 spiro atoms. The molecule has 0 saturated carbocycles. The SMILES string of the molecule is CNC(=O)c1cnc(Nc2ccccc2C)c(NC(=O)c2cccnc2C(F)(F)F)c1. The van der Waals surface area contributed by atoms with Gasteiger partial charge in [-0.3, -0.25) is 14.6 Å². The van der Waals surface area contributed by atoms with E-state index < -0.39 is 29.2 Å². The van der Waals surface area contributed by atoms with Crippen molar-refractivity contribution in [3.05, 3.63) is 77.2 Å². The number of aryl methyl sites for hydroxylation is 1. The zero-order chi connectivity index (χ0) is 22.6. The molecule has 31 heavy (non-hydrogen) atoms. The number of hydrogen-bond acceptors (Lipinski definition) is 5. The van der Waals surface area contributed by atoms with Gasteiger partial charge in [-0.25, -0.2) is 4.98 Å². The summed E-state index contributed by atoms with van der Waals surface area (Å²) >= 11 is 0. The first kappa shape index (κ1) is 21.8. The van der Waals surface area contributed by atoms with Gasteiger partial charge in [0.25, 0.3) is 11.8 Å². The normalized spacial score (nSPS) is 11.0. The van der Waals surface area contributed by atoms with E-state index in [0.717, 1.165) is 17.8 Å². The van der Waals surface area contributed by atoms with E-state index in [1.807, 2.05) is 19.1 Å². The number of nitrogens with zero attached hydrogens (tertiary/aromatic N) is 2. The second kappa shape index (κ2) is 8.82. The van der Waals surface area contributed by atoms with E-state index in [1.165, 1.54) is 25.4 Å². The van der Waals surface area contributed by atoms with Gasteiger partial charge in [0.2, 0.25) is 0 Å². The van der Waals surface area contributed by atoms with Crippen molar-refractivity contribution in [2.24, 2.45) is 0 Å². The second-order valence-electron chi connectivity index (χ2n) is 6.49. The van der Waals surface area contributed by atoms with Gasteiger partial charge in [0.15, 0.2) is 11.5 Å². The molecule has 3 aromatic rings. The molecule has 0 fully saturated rings. The fourth-order valence-electron chi connectivity index (χ4n) is 2.77. The number of nitrogens with one attached hydrogen (secondary N) is 3. The third-order valence-corrected chi connectivity index (χ3v) is 4.34. The lowest BCUT2D eigenvalue weighted by atomic mass is 10.1. The maximum absolute atomic E-state index is 13.3. The molecule has 0 aliphatic rings. The molecule has 7 nitrogen and oxygen atoms in total. The average Bonchev–Trinajstić information content (AvgIpc) is 2.75. The highest BCUT2D eigenvalue weighted by molar-refractivity contribution is 6.07. The minimum absolute atomic E-state index is 0.0336. The number of amides is 2. The Bertz CT molecular complexity index is 1130. The Morgan fingerprint density at radius 2 is 1.71 bits per heavy atom. The molecule has 160 valence electrons. The van der Waals surface area contributed by atoms with Crippen LogP contribution in [0.4, 0.5) is 30.4 Å². The van der Waals surface area contributed by atoms with Crippen molar-refractivity contribution in [2.75, 3.05) is 17.7 Å². The number of rotatable bonds is 5. The van der Waals surface area contributed by atoms with Crippen LogP contribution in [0, 0.1) is 6.92 Å². The fourth-order valence-corrected chi connectivity index (χ4v) is 2.77. The van der Waals surface area contributed by atoms with Crippen LogP contribution in [0.3, 0.4) is 0 Å². The third-order valence-electron chi connectivity index (χ3n) is 4.34. The van der Waals surface area contributed by atoms with Crippen LogP contribution in [0.15, 0.2) is 54.9 Å². The number of para-hydroxylation sites is 1. The molecular formula is C21H18F3N5O2. The molecule has 0 aliphatic carbocycles. The van der Waals surface area contributed by atoms with Crippen molar-refractivity contribution in [2.45, 2.75) is 13.1 Å². The molecule has 10 heteroatoms. The number of hydrogen-bond donors (Lipinski definition) is 3. The van der Waals surface area contributed by atoms with Crippen LogP contribution < -0.4 is 16.0 Å². The molecule has 2 amide bonds. The van der Waals surface area contributed by atoms with Crippen LogP contribution >= 0.6 is 0 Å². The average molecular weight is 429 g/mol. The van der Waals surface area contributed by atoms with E-state index in [0.29, 0.717) is 5.69 Å². The molecule has 1 aromatic carbocycles. The highest BCUT2D eigenvalue weighted by atomic mass is 19.4. The zero-order valence-electron chi connectivity index (χ0n) is 16.5. The van der Waals surface area contributed by atoms with Crippen molar-refractivity contribution in [3.8, 4) is 0 Å². The van der Waals surface area contributed by atoms with E-state index in [1.54, 1.807) is 12.1 Å². The maximum Gasteiger partial charge on any atom is 0.434 e. The summed E-state index contributed by atoms with van der Waals surface area (Å²) in [6.07, 6.45) is -2.56. The molecule has 0 bridgehead atoms. The lowest BCUT2D eigenvalue weighted by molar-refractivity contribution is -0.141. The van der Waals surface area contributed by atoms with Gasteiger partial charge < -0.3 is 16.0 Å². The van der Waals surface area contributed by atoms with Crippen LogP contribution in [-0.4, -0.2) is 28.8 Å². The topological polar surface area (TPSA) is 96.0 Å². The molecule has 0 saturated heterocycles. The van der Waals surface area contributed by atoms with Gasteiger partial charge in [0, 0.05) is 25.1 Å². The Morgan fingerprint density at radius 3 is 2.39 bits per heavy atom. The summed E-state index contributed by atoms with van der Waals surface area (Å²) in [6.45, 7) is 1.85. The molecular weight excluding hydrogens is 411 g/mol. The van der Waals surface area contributed by atoms with Gasteiger partial charge in [-0.1, -0.05) is 18.2 Å². The van der Waals surface area contributed by atoms with Crippen LogP contribution in [0.1, 0.15) is 32.0 Å². The summed E-state index contributed by atoms with van der Waals surface area (Å²) in [5, 5.41) is 7.88. The van der Waals surface area contributed by atoms with Gasteiger partial charge in [0.05, 0.1) is 16.8 Å². The van der Waals surface area contributed by atoms with Crippen molar-refractivity contribution < 1.29 is 22.8 Å². The quantitative estimate of drug-likeness (QED) is 0.566. The number of alkyl halides is 3. The highest BCUT2D eigenvalue weighted by Gasteiger charge is 2.37. The van der Waals surface area contributed by atoms with Crippen LogP contribution in [0.25, 0.3) is 0 Å². The summed E-state index contributed by atoms with van der Waals surface area (Å²) in [7, 11) is 1.42. The smallest absolute Gasteiger partial charge is 0.355 e. The lowest BCUT2D eigenvalue weighted by Crippen LogP contribution is -2.22. The Kier molecular flexibility index (Phi) is 6.19. The minimum atomic E-state index is -4.81. The van der Waals surface area contributed by atoms with Crippen LogP contribution in [-0.2, 0) is 6.18 Å². The van der Waals surface area contributed by atoms with Crippen molar-refractivity contribution >= 4 is 29.0 Å². The number of carbonyl (C=O) groups is 2. The minimum Gasteiger partial charge on any atom is -0.355 e. The highest BCUT2D eigenvalue weighted by Crippen LogP contribution is 2.31. The number of anilines is 3. The second-order valence-corrected chi connectivity index (χ2v) is 6.49. The maximum atomic E-state index is 13.3. The fraction of sp³-hybridized carbons (Fsp3) is 0.143. The molecule has 0 radical (unpaired) electrons. The Balaban J connectivity index is 2.01. The number of aromatic nitrogens is 2. The Labute approximate surface area is 175 Å². The van der Waals surface area contributed by atoms with Crippen LogP contribution in [0.5, 0.6) is 0 Å². The molecule has 3 N–H and O–H groups in total. The first-order valence-corrected chi connectivity index (χ1v) is 9.09. The number of carbonyl (C=O) groups excluding carboxylic acids is 2. The van der Waals surface area contributed by atoms with Gasteiger partial charge in [-0.15, -0.1) is 0 Å². The molecule has 0 aliphatic heterocycles. The summed E-state index contributed by atoms with van der Waals surface area (Å²) in [5.74, 6) is -1.35. The third kappa shape index (κ3) is 4.97. The van der Waals surface area contributed by atoms with Gasteiger partial charge >= 0.3 is 6.18 Å². The van der Waals surface area contributed by atoms with Crippen molar-refractivity contribution in [3.63, 3.8) is 0 Å². The van der Waals surface area contributed by atoms with E-state index >= 15 is 0 Å². The largest absolute Gasteiger partial charge is 0.434 e. The van der Waals surface area contributed by atoms with E-state index in [9.17, 15) is 22.8 Å². The summed E-state index contributed by atoms with van der Waals surface area (Å²) < 4.78 is 39.8. The van der Waals surface area contributed by atoms with Crippen molar-refractivity contribution in [1.29, 1.82) is 0 Å². The van der Waals surface area contributed by atoms with E-state index in [-0.39, 0.29) is 17.1 Å². The monoisotopic (exact) mass is 429 g/mol. The predicted molar refractivity (Wildman–Crippen MR) is 109 cm³/mol. The van der Waals surface area contributed by atoms with Crippen molar-refractivity contribution in [1.82, 2.24) is 15.3 Å².